The van der Waals surface area contributed by atoms with Crippen LogP contribution >= 0.6 is 11.3 Å². The second-order valence-electron chi connectivity index (χ2n) is 7.23. The van der Waals surface area contributed by atoms with E-state index in [0.717, 1.165) is 21.7 Å². The Hall–Kier alpha value is -2.92. The Balaban J connectivity index is 1.78. The number of nitrogens with zero attached hydrogens (tertiary/aromatic N) is 1. The van der Waals surface area contributed by atoms with Gasteiger partial charge in [0.05, 0.1) is 12.0 Å². The molecule has 0 bridgehead atoms. The summed E-state index contributed by atoms with van der Waals surface area (Å²) in [5.41, 5.74) is 4.46. The maximum atomic E-state index is 13.4. The average molecular weight is 391 g/mol. The number of nitrogens with one attached hydrogen (secondary N) is 1. The lowest BCUT2D eigenvalue weighted by Crippen LogP contribution is -2.43. The number of hydrogen-bond donors (Lipinski definition) is 1. The van der Waals surface area contributed by atoms with E-state index in [1.54, 1.807) is 29.4 Å². The van der Waals surface area contributed by atoms with Crippen LogP contribution in [0.3, 0.4) is 0 Å². The molecule has 2 amide bonds. The van der Waals surface area contributed by atoms with Crippen LogP contribution in [0.5, 0.6) is 0 Å². The van der Waals surface area contributed by atoms with Crippen molar-refractivity contribution >= 4 is 28.8 Å². The van der Waals surface area contributed by atoms with E-state index < -0.39 is 5.92 Å². The van der Waals surface area contributed by atoms with E-state index >= 15 is 0 Å². The molecular formula is C23H22N2O2S. The molecule has 0 radical (unpaired) electrons. The molecule has 2 aromatic carbocycles. The Morgan fingerprint density at radius 1 is 1.04 bits per heavy atom. The van der Waals surface area contributed by atoms with Gasteiger partial charge < -0.3 is 10.2 Å². The lowest BCUT2D eigenvalue weighted by atomic mass is 9.81. The van der Waals surface area contributed by atoms with Crippen molar-refractivity contribution in [2.75, 3.05) is 12.4 Å². The van der Waals surface area contributed by atoms with Gasteiger partial charge in [0.15, 0.2) is 0 Å². The van der Waals surface area contributed by atoms with Crippen molar-refractivity contribution in [1.29, 1.82) is 0 Å². The van der Waals surface area contributed by atoms with E-state index in [9.17, 15) is 9.59 Å². The lowest BCUT2D eigenvalue weighted by molar-refractivity contribution is -0.119. The summed E-state index contributed by atoms with van der Waals surface area (Å²) >= 11 is 1.57. The van der Waals surface area contributed by atoms with Gasteiger partial charge in [0.2, 0.25) is 5.91 Å². The number of fused-ring (bicyclic) bond motifs is 1. The molecule has 0 saturated carbocycles. The second-order valence-corrected chi connectivity index (χ2v) is 8.21. The first-order valence-electron chi connectivity index (χ1n) is 9.25. The number of benzene rings is 2. The molecule has 142 valence electrons. The normalized spacial score (nSPS) is 18.7. The minimum absolute atomic E-state index is 0.0516. The molecule has 0 aliphatic carbocycles. The molecule has 3 aromatic rings. The summed E-state index contributed by atoms with van der Waals surface area (Å²) < 4.78 is 0. The van der Waals surface area contributed by atoms with Crippen molar-refractivity contribution < 1.29 is 9.59 Å². The Morgan fingerprint density at radius 2 is 1.82 bits per heavy atom. The highest BCUT2D eigenvalue weighted by atomic mass is 32.1. The first-order valence-corrected chi connectivity index (χ1v) is 10.1. The number of carbonyl (C=O) groups is 2. The zero-order valence-corrected chi connectivity index (χ0v) is 16.9. The van der Waals surface area contributed by atoms with Crippen LogP contribution < -0.4 is 5.32 Å². The third-order valence-electron chi connectivity index (χ3n) is 5.47. The third-order valence-corrected chi connectivity index (χ3v) is 6.41. The van der Waals surface area contributed by atoms with Gasteiger partial charge in [0.1, 0.15) is 0 Å². The Morgan fingerprint density at radius 3 is 2.54 bits per heavy atom. The maximum Gasteiger partial charge on any atom is 0.254 e. The highest BCUT2D eigenvalue weighted by Crippen LogP contribution is 2.43. The van der Waals surface area contributed by atoms with Crippen LogP contribution in [0.2, 0.25) is 0 Å². The standard InChI is InChI=1S/C23H22N2O2S/c1-14-10-11-16(13-15(14)2)24-22(26)20-17-7-4-5-8-18(17)23(27)25(3)21(20)19-9-6-12-28-19/h4-13,20-21H,1-3H3,(H,24,26)/t20-,21+/m1/s1. The summed E-state index contributed by atoms with van der Waals surface area (Å²) in [5, 5.41) is 5.05. The van der Waals surface area contributed by atoms with E-state index in [-0.39, 0.29) is 17.9 Å². The molecule has 4 rings (SSSR count). The van der Waals surface area contributed by atoms with Gasteiger partial charge in [0, 0.05) is 23.2 Å². The maximum absolute atomic E-state index is 13.4. The van der Waals surface area contributed by atoms with E-state index in [1.807, 2.05) is 67.8 Å². The van der Waals surface area contributed by atoms with Gasteiger partial charge in [-0.2, -0.15) is 0 Å². The minimum atomic E-state index is -0.473. The summed E-state index contributed by atoms with van der Waals surface area (Å²) in [5.74, 6) is -0.628. The van der Waals surface area contributed by atoms with Crippen molar-refractivity contribution in [3.05, 3.63) is 87.1 Å². The molecule has 0 saturated heterocycles. The number of amides is 2. The molecule has 1 aromatic heterocycles. The minimum Gasteiger partial charge on any atom is -0.333 e. The fraction of sp³-hybridized carbons (Fsp3) is 0.217. The molecule has 0 unspecified atom stereocenters. The van der Waals surface area contributed by atoms with Crippen LogP contribution in [-0.2, 0) is 4.79 Å². The predicted octanol–water partition coefficient (Wildman–Crippen LogP) is 4.91. The molecule has 0 fully saturated rings. The van der Waals surface area contributed by atoms with Gasteiger partial charge in [0.25, 0.3) is 5.91 Å². The van der Waals surface area contributed by atoms with Crippen LogP contribution in [0.4, 0.5) is 5.69 Å². The lowest BCUT2D eigenvalue weighted by Gasteiger charge is -2.39. The van der Waals surface area contributed by atoms with Gasteiger partial charge in [-0.3, -0.25) is 9.59 Å². The summed E-state index contributed by atoms with van der Waals surface area (Å²) in [6, 6.07) is 17.0. The first kappa shape index (κ1) is 18.4. The number of anilines is 1. The third kappa shape index (κ3) is 3.12. The van der Waals surface area contributed by atoms with Gasteiger partial charge in [-0.1, -0.05) is 30.3 Å². The monoisotopic (exact) mass is 390 g/mol. The molecular weight excluding hydrogens is 368 g/mol. The summed E-state index contributed by atoms with van der Waals surface area (Å²) in [4.78, 5) is 29.1. The Bertz CT molecular complexity index is 1040. The zero-order chi connectivity index (χ0) is 19.8. The SMILES string of the molecule is Cc1ccc(NC(=O)[C@@H]2c3ccccc3C(=O)N(C)[C@H]2c2cccs2)cc1C. The van der Waals surface area contributed by atoms with Gasteiger partial charge in [-0.25, -0.2) is 0 Å². The van der Waals surface area contributed by atoms with E-state index in [0.29, 0.717) is 5.56 Å². The summed E-state index contributed by atoms with van der Waals surface area (Å²) in [7, 11) is 1.78. The number of carbonyl (C=O) groups excluding carboxylic acids is 2. The number of thiophene rings is 1. The molecule has 5 heteroatoms. The van der Waals surface area contributed by atoms with Crippen molar-refractivity contribution in [2.24, 2.45) is 0 Å². The van der Waals surface area contributed by atoms with Crippen LogP contribution in [0.25, 0.3) is 0 Å². The quantitative estimate of drug-likeness (QED) is 0.690. The van der Waals surface area contributed by atoms with Crippen LogP contribution in [0.15, 0.2) is 60.0 Å². The van der Waals surface area contributed by atoms with Gasteiger partial charge in [-0.15, -0.1) is 11.3 Å². The van der Waals surface area contributed by atoms with Crippen LogP contribution in [-0.4, -0.2) is 23.8 Å². The molecule has 0 spiro atoms. The van der Waals surface area contributed by atoms with Crippen molar-refractivity contribution in [2.45, 2.75) is 25.8 Å². The fourth-order valence-electron chi connectivity index (χ4n) is 3.81. The molecule has 1 aliphatic heterocycles. The highest BCUT2D eigenvalue weighted by Gasteiger charge is 2.43. The molecule has 28 heavy (non-hydrogen) atoms. The average Bonchev–Trinajstić information content (AvgIpc) is 3.21. The zero-order valence-electron chi connectivity index (χ0n) is 16.1. The van der Waals surface area contributed by atoms with E-state index in [4.69, 9.17) is 0 Å². The summed E-state index contributed by atoms with van der Waals surface area (Å²) in [6.07, 6.45) is 0. The number of hydrogen-bond acceptors (Lipinski definition) is 3. The Labute approximate surface area is 168 Å². The van der Waals surface area contributed by atoms with Gasteiger partial charge >= 0.3 is 0 Å². The van der Waals surface area contributed by atoms with Crippen LogP contribution in [0.1, 0.15) is 43.9 Å². The highest BCUT2D eigenvalue weighted by molar-refractivity contribution is 7.10. The molecule has 2 heterocycles. The topological polar surface area (TPSA) is 49.4 Å². The van der Waals surface area contributed by atoms with E-state index in [2.05, 4.69) is 5.32 Å². The number of aryl methyl sites for hydroxylation is 2. The van der Waals surface area contributed by atoms with Gasteiger partial charge in [-0.05, 0) is 60.2 Å². The second kappa shape index (κ2) is 7.24. The first-order chi connectivity index (χ1) is 13.5. The molecule has 4 nitrogen and oxygen atoms in total. The predicted molar refractivity (Wildman–Crippen MR) is 113 cm³/mol. The van der Waals surface area contributed by atoms with E-state index in [1.165, 1.54) is 5.56 Å². The molecule has 2 atom stereocenters. The molecule has 1 aliphatic rings. The van der Waals surface area contributed by atoms with Crippen molar-refractivity contribution in [3.63, 3.8) is 0 Å². The number of rotatable bonds is 3. The van der Waals surface area contributed by atoms with Crippen LogP contribution in [0, 0.1) is 13.8 Å². The largest absolute Gasteiger partial charge is 0.333 e. The molecule has 1 N–H and O–H groups in total. The van der Waals surface area contributed by atoms with Crippen molar-refractivity contribution in [3.8, 4) is 0 Å². The smallest absolute Gasteiger partial charge is 0.254 e. The van der Waals surface area contributed by atoms with Crippen molar-refractivity contribution in [1.82, 2.24) is 4.90 Å². The fourth-order valence-corrected chi connectivity index (χ4v) is 4.72. The summed E-state index contributed by atoms with van der Waals surface area (Å²) in [6.45, 7) is 4.08. The number of likely N-dealkylation sites (N-methyl/N-ethyl adjacent to an activating group) is 1. The Kier molecular flexibility index (Phi) is 4.77.